The second kappa shape index (κ2) is 6.64. The van der Waals surface area contributed by atoms with Crippen LogP contribution in [0.5, 0.6) is 0 Å². The topological polar surface area (TPSA) is 89.8 Å². The van der Waals surface area contributed by atoms with Crippen LogP contribution in [0.25, 0.3) is 5.82 Å². The Morgan fingerprint density at radius 1 is 1.12 bits per heavy atom. The average molecular weight is 357 g/mol. The first-order valence-electron chi connectivity index (χ1n) is 7.71. The van der Waals surface area contributed by atoms with Gasteiger partial charge >= 0.3 is 0 Å². The molecular weight excluding hydrogens is 338 g/mol. The molecule has 0 radical (unpaired) electrons. The summed E-state index contributed by atoms with van der Waals surface area (Å²) < 4.78 is 24.7. The van der Waals surface area contributed by atoms with Gasteiger partial charge < -0.3 is 5.32 Å². The number of anilines is 1. The maximum atomic E-state index is 11.5. The Kier molecular flexibility index (Phi) is 4.54. The Morgan fingerprint density at radius 3 is 2.44 bits per heavy atom. The standard InChI is InChI=1S/C17H19N5O2S/c1-12-8-13(2)22(21-12)17-11-18-10-16(20-17)19-9-14-4-6-15(7-5-14)25(3,23)24/h4-8,10-11H,9H2,1-3H3,(H,19,20). The van der Waals surface area contributed by atoms with E-state index in [1.165, 1.54) is 6.26 Å². The van der Waals surface area contributed by atoms with Crippen LogP contribution < -0.4 is 5.32 Å². The van der Waals surface area contributed by atoms with Gasteiger partial charge in [0.2, 0.25) is 0 Å². The predicted octanol–water partition coefficient (Wildman–Crippen LogP) is 2.29. The molecule has 130 valence electrons. The molecule has 25 heavy (non-hydrogen) atoms. The van der Waals surface area contributed by atoms with E-state index in [-0.39, 0.29) is 0 Å². The van der Waals surface area contributed by atoms with Crippen LogP contribution in [0.1, 0.15) is 17.0 Å². The minimum atomic E-state index is -3.18. The van der Waals surface area contributed by atoms with E-state index in [1.54, 1.807) is 41.3 Å². The lowest BCUT2D eigenvalue weighted by atomic mass is 10.2. The first-order valence-corrected chi connectivity index (χ1v) is 9.60. The summed E-state index contributed by atoms with van der Waals surface area (Å²) in [4.78, 5) is 9.03. The van der Waals surface area contributed by atoms with Crippen molar-refractivity contribution in [2.45, 2.75) is 25.3 Å². The number of aryl methyl sites for hydroxylation is 2. The lowest BCUT2D eigenvalue weighted by Crippen LogP contribution is -2.07. The van der Waals surface area contributed by atoms with E-state index < -0.39 is 9.84 Å². The molecule has 0 atom stereocenters. The highest BCUT2D eigenvalue weighted by Crippen LogP contribution is 2.13. The number of hydrogen-bond acceptors (Lipinski definition) is 6. The van der Waals surface area contributed by atoms with Gasteiger partial charge in [0.1, 0.15) is 5.82 Å². The van der Waals surface area contributed by atoms with Gasteiger partial charge in [0, 0.05) is 18.5 Å². The lowest BCUT2D eigenvalue weighted by molar-refractivity contribution is 0.602. The maximum absolute atomic E-state index is 11.5. The number of hydrogen-bond donors (Lipinski definition) is 1. The Labute approximate surface area is 146 Å². The first kappa shape index (κ1) is 17.1. The number of nitrogens with zero attached hydrogens (tertiary/aromatic N) is 4. The fourth-order valence-electron chi connectivity index (χ4n) is 2.45. The van der Waals surface area contributed by atoms with Crippen LogP contribution in [0.4, 0.5) is 5.82 Å². The number of sulfone groups is 1. The Balaban J connectivity index is 1.74. The molecule has 1 aromatic carbocycles. The van der Waals surface area contributed by atoms with Gasteiger partial charge in [-0.2, -0.15) is 5.10 Å². The van der Waals surface area contributed by atoms with Crippen molar-refractivity contribution in [1.29, 1.82) is 0 Å². The Hall–Kier alpha value is -2.74. The summed E-state index contributed by atoms with van der Waals surface area (Å²) >= 11 is 0. The smallest absolute Gasteiger partial charge is 0.175 e. The fraction of sp³-hybridized carbons (Fsp3) is 0.235. The Morgan fingerprint density at radius 2 is 1.84 bits per heavy atom. The SMILES string of the molecule is Cc1cc(C)n(-c2cncc(NCc3ccc(S(C)(=O)=O)cc3)n2)n1. The van der Waals surface area contributed by atoms with E-state index >= 15 is 0 Å². The van der Waals surface area contributed by atoms with Crippen LogP contribution in [0.3, 0.4) is 0 Å². The van der Waals surface area contributed by atoms with E-state index in [2.05, 4.69) is 20.4 Å². The van der Waals surface area contributed by atoms with Crippen molar-refractivity contribution in [3.8, 4) is 5.82 Å². The minimum absolute atomic E-state index is 0.308. The first-order chi connectivity index (χ1) is 11.8. The van der Waals surface area contributed by atoms with Crippen molar-refractivity contribution in [2.24, 2.45) is 0 Å². The van der Waals surface area contributed by atoms with Crippen molar-refractivity contribution in [2.75, 3.05) is 11.6 Å². The monoisotopic (exact) mass is 357 g/mol. The summed E-state index contributed by atoms with van der Waals surface area (Å²) in [5, 5.41) is 7.59. The molecule has 3 aromatic rings. The van der Waals surface area contributed by atoms with Gasteiger partial charge in [-0.15, -0.1) is 0 Å². The highest BCUT2D eigenvalue weighted by molar-refractivity contribution is 7.90. The molecule has 8 heteroatoms. The zero-order chi connectivity index (χ0) is 18.0. The number of nitrogens with one attached hydrogen (secondary N) is 1. The highest BCUT2D eigenvalue weighted by atomic mass is 32.2. The molecule has 0 aliphatic carbocycles. The van der Waals surface area contributed by atoms with E-state index in [0.717, 1.165) is 17.0 Å². The fourth-order valence-corrected chi connectivity index (χ4v) is 3.08. The van der Waals surface area contributed by atoms with E-state index in [0.29, 0.717) is 23.1 Å². The predicted molar refractivity (Wildman–Crippen MR) is 95.5 cm³/mol. The van der Waals surface area contributed by atoms with Crippen LogP contribution in [-0.2, 0) is 16.4 Å². The zero-order valence-electron chi connectivity index (χ0n) is 14.3. The summed E-state index contributed by atoms with van der Waals surface area (Å²) in [7, 11) is -3.18. The molecule has 7 nitrogen and oxygen atoms in total. The Bertz CT molecular complexity index is 994. The van der Waals surface area contributed by atoms with Crippen molar-refractivity contribution in [3.63, 3.8) is 0 Å². The number of benzene rings is 1. The van der Waals surface area contributed by atoms with E-state index in [4.69, 9.17) is 0 Å². The molecule has 0 aliphatic rings. The third kappa shape index (κ3) is 4.03. The normalized spacial score (nSPS) is 11.5. The molecule has 0 saturated carbocycles. The molecule has 0 fully saturated rings. The summed E-state index contributed by atoms with van der Waals surface area (Å²) in [6.45, 7) is 4.41. The van der Waals surface area contributed by atoms with Crippen LogP contribution >= 0.6 is 0 Å². The van der Waals surface area contributed by atoms with E-state index in [1.807, 2.05) is 19.9 Å². The lowest BCUT2D eigenvalue weighted by Gasteiger charge is -2.08. The van der Waals surface area contributed by atoms with Crippen molar-refractivity contribution >= 4 is 15.7 Å². The molecule has 0 amide bonds. The molecule has 0 bridgehead atoms. The molecular formula is C17H19N5O2S. The molecule has 0 aliphatic heterocycles. The van der Waals surface area contributed by atoms with Crippen molar-refractivity contribution < 1.29 is 8.42 Å². The number of rotatable bonds is 5. The summed E-state index contributed by atoms with van der Waals surface area (Å²) in [5.41, 5.74) is 2.86. The van der Waals surface area contributed by atoms with Gasteiger partial charge in [0.15, 0.2) is 15.7 Å². The molecule has 1 N–H and O–H groups in total. The zero-order valence-corrected chi connectivity index (χ0v) is 15.1. The van der Waals surface area contributed by atoms with Gasteiger partial charge in [-0.3, -0.25) is 4.98 Å². The molecule has 3 rings (SSSR count). The van der Waals surface area contributed by atoms with Gasteiger partial charge in [0.25, 0.3) is 0 Å². The molecule has 2 heterocycles. The van der Waals surface area contributed by atoms with Gasteiger partial charge in [0.05, 0.1) is 23.0 Å². The van der Waals surface area contributed by atoms with E-state index in [9.17, 15) is 8.42 Å². The molecule has 0 saturated heterocycles. The third-order valence-electron chi connectivity index (χ3n) is 3.67. The van der Waals surface area contributed by atoms with Gasteiger partial charge in [-0.25, -0.2) is 18.1 Å². The molecule has 2 aromatic heterocycles. The average Bonchev–Trinajstić information content (AvgIpc) is 2.91. The van der Waals surface area contributed by atoms with Crippen LogP contribution in [0, 0.1) is 13.8 Å². The molecule has 0 unspecified atom stereocenters. The maximum Gasteiger partial charge on any atom is 0.175 e. The highest BCUT2D eigenvalue weighted by Gasteiger charge is 2.08. The molecule has 0 spiro atoms. The second-order valence-electron chi connectivity index (χ2n) is 5.87. The quantitative estimate of drug-likeness (QED) is 0.753. The van der Waals surface area contributed by atoms with Gasteiger partial charge in [-0.1, -0.05) is 12.1 Å². The van der Waals surface area contributed by atoms with Crippen LogP contribution in [-0.4, -0.2) is 34.4 Å². The summed E-state index contributed by atoms with van der Waals surface area (Å²) in [6.07, 6.45) is 4.49. The third-order valence-corrected chi connectivity index (χ3v) is 4.80. The summed E-state index contributed by atoms with van der Waals surface area (Å²) in [6, 6.07) is 8.74. The van der Waals surface area contributed by atoms with Gasteiger partial charge in [-0.05, 0) is 37.6 Å². The largest absolute Gasteiger partial charge is 0.365 e. The van der Waals surface area contributed by atoms with Crippen LogP contribution in [0.2, 0.25) is 0 Å². The number of aromatic nitrogens is 4. The second-order valence-corrected chi connectivity index (χ2v) is 7.89. The minimum Gasteiger partial charge on any atom is -0.365 e. The summed E-state index contributed by atoms with van der Waals surface area (Å²) in [5.74, 6) is 1.26. The van der Waals surface area contributed by atoms with Crippen molar-refractivity contribution in [1.82, 2.24) is 19.7 Å². The van der Waals surface area contributed by atoms with Crippen LogP contribution in [0.15, 0.2) is 47.6 Å². The van der Waals surface area contributed by atoms with Crippen molar-refractivity contribution in [3.05, 3.63) is 59.7 Å².